The van der Waals surface area contributed by atoms with E-state index >= 15 is 0 Å². The van der Waals surface area contributed by atoms with Crippen LogP contribution in [-0.2, 0) is 13.1 Å². The van der Waals surface area contributed by atoms with E-state index in [1.54, 1.807) is 24.6 Å². The molecule has 0 fully saturated rings. The number of hydrogen-bond donors (Lipinski definition) is 3. The topological polar surface area (TPSA) is 78.0 Å². The lowest BCUT2D eigenvalue weighted by Crippen LogP contribution is -2.36. The summed E-state index contributed by atoms with van der Waals surface area (Å²) in [5.41, 5.74) is 2.12. The van der Waals surface area contributed by atoms with Crippen LogP contribution in [0, 0.1) is 13.8 Å². The zero-order chi connectivity index (χ0) is 13.7. The van der Waals surface area contributed by atoms with Crippen LogP contribution in [0.25, 0.3) is 0 Å². The van der Waals surface area contributed by atoms with E-state index < -0.39 is 0 Å². The first-order valence-corrected chi connectivity index (χ1v) is 6.86. The summed E-state index contributed by atoms with van der Waals surface area (Å²) < 4.78 is 0. The van der Waals surface area contributed by atoms with E-state index in [9.17, 15) is 0 Å². The van der Waals surface area contributed by atoms with Crippen LogP contribution in [-0.4, -0.2) is 28.2 Å². The Bertz CT molecular complexity index is 523. The summed E-state index contributed by atoms with van der Waals surface area (Å²) in [7, 11) is 1.75. The number of rotatable bonds is 4. The van der Waals surface area contributed by atoms with Crippen molar-refractivity contribution in [2.45, 2.75) is 26.9 Å². The summed E-state index contributed by atoms with van der Waals surface area (Å²) in [6.45, 7) is 5.46. The van der Waals surface area contributed by atoms with Crippen molar-refractivity contribution < 1.29 is 0 Å². The molecule has 0 spiro atoms. The summed E-state index contributed by atoms with van der Waals surface area (Å²) in [6, 6.07) is 1.92. The summed E-state index contributed by atoms with van der Waals surface area (Å²) in [4.78, 5) is 9.91. The Morgan fingerprint density at radius 1 is 1.37 bits per heavy atom. The highest BCUT2D eigenvalue weighted by molar-refractivity contribution is 7.11. The van der Waals surface area contributed by atoms with Crippen LogP contribution in [0.15, 0.2) is 17.3 Å². The number of aliphatic imine (C=N–C) groups is 1. The molecular formula is C12H18N6S. The third-order valence-electron chi connectivity index (χ3n) is 2.71. The van der Waals surface area contributed by atoms with Gasteiger partial charge in [0.25, 0.3) is 0 Å². The fourth-order valence-electron chi connectivity index (χ4n) is 1.56. The first kappa shape index (κ1) is 13.5. The molecule has 0 aromatic carbocycles. The van der Waals surface area contributed by atoms with Crippen LogP contribution in [0.2, 0.25) is 0 Å². The van der Waals surface area contributed by atoms with Crippen LogP contribution >= 0.6 is 11.3 Å². The van der Waals surface area contributed by atoms with Crippen molar-refractivity contribution in [1.29, 1.82) is 0 Å². The fraction of sp³-hybridized carbons (Fsp3) is 0.417. The maximum absolute atomic E-state index is 4.48. The maximum Gasteiger partial charge on any atom is 0.191 e. The Morgan fingerprint density at radius 3 is 2.74 bits per heavy atom. The average molecular weight is 278 g/mol. The predicted octanol–water partition coefficient (Wildman–Crippen LogP) is 1.35. The Labute approximate surface area is 116 Å². The van der Waals surface area contributed by atoms with Gasteiger partial charge in [-0.3, -0.25) is 10.1 Å². The quantitative estimate of drug-likeness (QED) is 0.583. The molecule has 19 heavy (non-hydrogen) atoms. The SMILES string of the molecule is CN=C(NCc1ccn[nH]1)NCc1nc(C)c(C)s1. The van der Waals surface area contributed by atoms with Crippen molar-refractivity contribution in [2.24, 2.45) is 4.99 Å². The Hall–Kier alpha value is -1.89. The standard InChI is InChI=1S/C12H18N6S/c1-8-9(2)19-11(17-8)7-15-12(13-3)14-6-10-4-5-16-18-10/h4-5H,6-7H2,1-3H3,(H,16,18)(H2,13,14,15). The van der Waals surface area contributed by atoms with Crippen molar-refractivity contribution in [3.63, 3.8) is 0 Å². The highest BCUT2D eigenvalue weighted by Crippen LogP contribution is 2.15. The largest absolute Gasteiger partial charge is 0.351 e. The second kappa shape index (κ2) is 6.33. The summed E-state index contributed by atoms with van der Waals surface area (Å²) in [5, 5.41) is 14.3. The molecule has 102 valence electrons. The lowest BCUT2D eigenvalue weighted by molar-refractivity contribution is 0.786. The third-order valence-corrected chi connectivity index (χ3v) is 3.78. The van der Waals surface area contributed by atoms with Gasteiger partial charge >= 0.3 is 0 Å². The Balaban J connectivity index is 1.82. The van der Waals surface area contributed by atoms with Gasteiger partial charge in [-0.15, -0.1) is 11.3 Å². The molecule has 2 heterocycles. The first-order valence-electron chi connectivity index (χ1n) is 6.04. The molecule has 0 aliphatic carbocycles. The highest BCUT2D eigenvalue weighted by atomic mass is 32.1. The number of aryl methyl sites for hydroxylation is 2. The predicted molar refractivity (Wildman–Crippen MR) is 77.2 cm³/mol. The molecule has 0 saturated heterocycles. The summed E-state index contributed by atoms with van der Waals surface area (Å²) in [6.07, 6.45) is 1.73. The van der Waals surface area contributed by atoms with E-state index in [-0.39, 0.29) is 0 Å². The monoisotopic (exact) mass is 278 g/mol. The number of hydrogen-bond acceptors (Lipinski definition) is 4. The second-order valence-electron chi connectivity index (χ2n) is 4.11. The Morgan fingerprint density at radius 2 is 2.16 bits per heavy atom. The molecule has 0 saturated carbocycles. The fourth-order valence-corrected chi connectivity index (χ4v) is 2.43. The summed E-state index contributed by atoms with van der Waals surface area (Å²) in [5.74, 6) is 0.750. The first-order chi connectivity index (χ1) is 9.19. The smallest absolute Gasteiger partial charge is 0.191 e. The molecule has 3 N–H and O–H groups in total. The van der Waals surface area contributed by atoms with Gasteiger partial charge in [0.15, 0.2) is 5.96 Å². The van der Waals surface area contributed by atoms with E-state index in [1.807, 2.05) is 13.0 Å². The molecule has 2 aromatic heterocycles. The Kier molecular flexibility index (Phi) is 4.51. The summed E-state index contributed by atoms with van der Waals surface area (Å²) >= 11 is 1.71. The molecule has 0 atom stereocenters. The van der Waals surface area contributed by atoms with Crippen LogP contribution in [0.5, 0.6) is 0 Å². The molecule has 2 aromatic rings. The zero-order valence-electron chi connectivity index (χ0n) is 11.3. The number of nitrogens with zero attached hydrogens (tertiary/aromatic N) is 3. The molecule has 2 rings (SSSR count). The normalized spacial score (nSPS) is 11.6. The lowest BCUT2D eigenvalue weighted by Gasteiger charge is -2.09. The minimum atomic E-state index is 0.662. The van der Waals surface area contributed by atoms with Gasteiger partial charge in [-0.1, -0.05) is 0 Å². The third kappa shape index (κ3) is 3.78. The van der Waals surface area contributed by atoms with Gasteiger partial charge in [0.2, 0.25) is 0 Å². The van der Waals surface area contributed by atoms with E-state index in [4.69, 9.17) is 0 Å². The number of aromatic amines is 1. The second-order valence-corrected chi connectivity index (χ2v) is 5.40. The lowest BCUT2D eigenvalue weighted by atomic mass is 10.4. The van der Waals surface area contributed by atoms with E-state index in [1.165, 1.54) is 4.88 Å². The number of nitrogens with one attached hydrogen (secondary N) is 3. The van der Waals surface area contributed by atoms with E-state index in [0.717, 1.165) is 22.4 Å². The van der Waals surface area contributed by atoms with E-state index in [2.05, 4.69) is 37.7 Å². The zero-order valence-corrected chi connectivity index (χ0v) is 12.1. The van der Waals surface area contributed by atoms with E-state index in [0.29, 0.717) is 13.1 Å². The van der Waals surface area contributed by atoms with Gasteiger partial charge in [-0.05, 0) is 19.9 Å². The molecule has 0 bridgehead atoms. The molecule has 0 unspecified atom stereocenters. The molecule has 6 nitrogen and oxygen atoms in total. The minimum Gasteiger partial charge on any atom is -0.351 e. The van der Waals surface area contributed by atoms with Crippen molar-refractivity contribution in [1.82, 2.24) is 25.8 Å². The van der Waals surface area contributed by atoms with Crippen molar-refractivity contribution >= 4 is 17.3 Å². The van der Waals surface area contributed by atoms with Gasteiger partial charge in [0.1, 0.15) is 5.01 Å². The number of thiazole rings is 1. The minimum absolute atomic E-state index is 0.662. The van der Waals surface area contributed by atoms with Crippen molar-refractivity contribution in [3.8, 4) is 0 Å². The number of aromatic nitrogens is 3. The van der Waals surface area contributed by atoms with Crippen LogP contribution < -0.4 is 10.6 Å². The van der Waals surface area contributed by atoms with Crippen LogP contribution in [0.4, 0.5) is 0 Å². The van der Waals surface area contributed by atoms with Crippen LogP contribution in [0.3, 0.4) is 0 Å². The molecule has 0 aliphatic rings. The molecular weight excluding hydrogens is 260 g/mol. The van der Waals surface area contributed by atoms with Gasteiger partial charge in [-0.2, -0.15) is 5.10 Å². The van der Waals surface area contributed by atoms with Crippen molar-refractivity contribution in [3.05, 3.63) is 33.5 Å². The van der Waals surface area contributed by atoms with Gasteiger partial charge in [-0.25, -0.2) is 4.98 Å². The number of H-pyrrole nitrogens is 1. The van der Waals surface area contributed by atoms with Crippen molar-refractivity contribution in [2.75, 3.05) is 7.05 Å². The molecule has 7 heteroatoms. The van der Waals surface area contributed by atoms with Gasteiger partial charge in [0, 0.05) is 18.1 Å². The molecule has 0 amide bonds. The highest BCUT2D eigenvalue weighted by Gasteiger charge is 2.04. The molecule has 0 aliphatic heterocycles. The molecule has 0 radical (unpaired) electrons. The number of guanidine groups is 1. The maximum atomic E-state index is 4.48. The van der Waals surface area contributed by atoms with Gasteiger partial charge < -0.3 is 10.6 Å². The van der Waals surface area contributed by atoms with Crippen LogP contribution in [0.1, 0.15) is 21.3 Å². The average Bonchev–Trinajstić information content (AvgIpc) is 3.01. The van der Waals surface area contributed by atoms with Gasteiger partial charge in [0.05, 0.1) is 24.5 Å².